The molecule has 0 aliphatic carbocycles. The van der Waals surface area contributed by atoms with Crippen molar-refractivity contribution < 1.29 is 18.0 Å². The molecular weight excluding hydrogens is 533 g/mol. The van der Waals surface area contributed by atoms with Gasteiger partial charge in [0.25, 0.3) is 10.0 Å². The molecule has 0 heterocycles. The van der Waals surface area contributed by atoms with Crippen LogP contribution in [0, 0.1) is 13.8 Å². The van der Waals surface area contributed by atoms with Gasteiger partial charge in [-0.1, -0.05) is 59.1 Å². The number of nitrogens with zero attached hydrogens (tertiary/aromatic N) is 2. The summed E-state index contributed by atoms with van der Waals surface area (Å²) in [5, 5.41) is 3.20. The maximum atomic E-state index is 13.8. The lowest BCUT2D eigenvalue weighted by Crippen LogP contribution is -2.50. The Balaban J connectivity index is 2.07. The molecule has 1 atom stereocenters. The Morgan fingerprint density at radius 3 is 2.08 bits per heavy atom. The number of aryl methyl sites for hydroxylation is 2. The van der Waals surface area contributed by atoms with E-state index < -0.39 is 34.4 Å². The van der Waals surface area contributed by atoms with Crippen LogP contribution in [0.4, 0.5) is 5.69 Å². The molecule has 0 saturated carbocycles. The fraction of sp³-hybridized carbons (Fsp3) is 0.259. The molecule has 3 rings (SSSR count). The zero-order valence-electron chi connectivity index (χ0n) is 21.0. The summed E-state index contributed by atoms with van der Waals surface area (Å²) in [6.45, 7) is 4.63. The molecule has 196 valence electrons. The van der Waals surface area contributed by atoms with Crippen molar-refractivity contribution in [2.24, 2.45) is 0 Å². The lowest BCUT2D eigenvalue weighted by molar-refractivity contribution is -0.139. The molecule has 1 N–H and O–H groups in total. The minimum Gasteiger partial charge on any atom is -0.357 e. The predicted molar refractivity (Wildman–Crippen MR) is 147 cm³/mol. The molecule has 0 bridgehead atoms. The van der Waals surface area contributed by atoms with E-state index in [1.807, 2.05) is 19.9 Å². The van der Waals surface area contributed by atoms with Gasteiger partial charge in [0, 0.05) is 29.2 Å². The number of rotatable bonds is 9. The molecule has 3 aromatic rings. The van der Waals surface area contributed by atoms with E-state index >= 15 is 0 Å². The smallest absolute Gasteiger partial charge is 0.264 e. The Morgan fingerprint density at radius 1 is 0.919 bits per heavy atom. The molecular formula is C27H29Cl2N3O4S. The fourth-order valence-corrected chi connectivity index (χ4v) is 5.72. The number of carbonyl (C=O) groups is 2. The fourth-order valence-electron chi connectivity index (χ4n) is 3.79. The van der Waals surface area contributed by atoms with E-state index in [1.165, 1.54) is 24.1 Å². The summed E-state index contributed by atoms with van der Waals surface area (Å²) in [5.41, 5.74) is 2.52. The zero-order valence-corrected chi connectivity index (χ0v) is 23.4. The largest absolute Gasteiger partial charge is 0.357 e. The zero-order chi connectivity index (χ0) is 27.3. The second-order valence-electron chi connectivity index (χ2n) is 8.68. The van der Waals surface area contributed by atoms with Gasteiger partial charge >= 0.3 is 0 Å². The molecule has 0 spiro atoms. The maximum Gasteiger partial charge on any atom is 0.264 e. The highest BCUT2D eigenvalue weighted by molar-refractivity contribution is 7.92. The van der Waals surface area contributed by atoms with Crippen LogP contribution in [0.1, 0.15) is 23.6 Å². The third-order valence-corrected chi connectivity index (χ3v) is 8.48. The van der Waals surface area contributed by atoms with Gasteiger partial charge in [0.2, 0.25) is 11.8 Å². The predicted octanol–water partition coefficient (Wildman–Crippen LogP) is 4.97. The van der Waals surface area contributed by atoms with E-state index in [1.54, 1.807) is 55.5 Å². The SMILES string of the molecule is CNC(=O)C(C)N(Cc1c(Cl)cccc1Cl)C(=O)CN(c1cccc(C)c1)S(=O)(=O)c1ccc(C)cc1. The third kappa shape index (κ3) is 6.63. The second kappa shape index (κ2) is 12.0. The molecule has 0 saturated heterocycles. The molecule has 0 aromatic heterocycles. The molecule has 3 aromatic carbocycles. The van der Waals surface area contributed by atoms with Crippen LogP contribution >= 0.6 is 23.2 Å². The van der Waals surface area contributed by atoms with E-state index in [9.17, 15) is 18.0 Å². The highest BCUT2D eigenvalue weighted by Crippen LogP contribution is 2.28. The molecule has 0 aliphatic heterocycles. The van der Waals surface area contributed by atoms with Gasteiger partial charge in [-0.3, -0.25) is 13.9 Å². The highest BCUT2D eigenvalue weighted by atomic mass is 35.5. The van der Waals surface area contributed by atoms with Gasteiger partial charge in [-0.05, 0) is 62.7 Å². The molecule has 0 aliphatic rings. The second-order valence-corrected chi connectivity index (χ2v) is 11.4. The normalized spacial score (nSPS) is 12.1. The number of carbonyl (C=O) groups excluding carboxylic acids is 2. The van der Waals surface area contributed by atoms with Crippen LogP contribution in [-0.2, 0) is 26.2 Å². The first-order valence-electron chi connectivity index (χ1n) is 11.6. The van der Waals surface area contributed by atoms with Gasteiger partial charge in [0.15, 0.2) is 0 Å². The molecule has 37 heavy (non-hydrogen) atoms. The summed E-state index contributed by atoms with van der Waals surface area (Å²) in [4.78, 5) is 27.7. The number of benzene rings is 3. The molecule has 1 unspecified atom stereocenters. The van der Waals surface area contributed by atoms with E-state index in [-0.39, 0.29) is 11.4 Å². The van der Waals surface area contributed by atoms with Crippen molar-refractivity contribution in [2.45, 2.75) is 38.3 Å². The average Bonchev–Trinajstić information content (AvgIpc) is 2.86. The van der Waals surface area contributed by atoms with Gasteiger partial charge in [-0.2, -0.15) is 0 Å². The average molecular weight is 563 g/mol. The lowest BCUT2D eigenvalue weighted by Gasteiger charge is -2.32. The Bertz CT molecular complexity index is 1370. The maximum absolute atomic E-state index is 13.8. The summed E-state index contributed by atoms with van der Waals surface area (Å²) >= 11 is 12.7. The van der Waals surface area contributed by atoms with Crippen molar-refractivity contribution in [1.82, 2.24) is 10.2 Å². The van der Waals surface area contributed by atoms with Gasteiger partial charge < -0.3 is 10.2 Å². The van der Waals surface area contributed by atoms with Crippen LogP contribution in [0.25, 0.3) is 0 Å². The summed E-state index contributed by atoms with van der Waals surface area (Å²) in [5.74, 6) is -1.01. The van der Waals surface area contributed by atoms with Crippen LogP contribution in [-0.4, -0.2) is 44.8 Å². The van der Waals surface area contributed by atoms with Crippen LogP contribution in [0.2, 0.25) is 10.0 Å². The Kier molecular flexibility index (Phi) is 9.23. The van der Waals surface area contributed by atoms with Crippen molar-refractivity contribution in [3.8, 4) is 0 Å². The first kappa shape index (κ1) is 28.5. The first-order chi connectivity index (χ1) is 17.4. The number of amides is 2. The topological polar surface area (TPSA) is 86.8 Å². The number of nitrogens with one attached hydrogen (secondary N) is 1. The molecule has 2 amide bonds. The van der Waals surface area contributed by atoms with E-state index in [2.05, 4.69) is 5.32 Å². The van der Waals surface area contributed by atoms with Crippen molar-refractivity contribution in [3.05, 3.63) is 93.5 Å². The first-order valence-corrected chi connectivity index (χ1v) is 13.7. The van der Waals surface area contributed by atoms with E-state index in [0.29, 0.717) is 21.3 Å². The highest BCUT2D eigenvalue weighted by Gasteiger charge is 2.33. The number of hydrogen-bond donors (Lipinski definition) is 1. The molecule has 7 nitrogen and oxygen atoms in total. The molecule has 10 heteroatoms. The van der Waals surface area contributed by atoms with Gasteiger partial charge in [-0.15, -0.1) is 0 Å². The van der Waals surface area contributed by atoms with Crippen molar-refractivity contribution in [3.63, 3.8) is 0 Å². The molecule has 0 fully saturated rings. The minimum atomic E-state index is -4.12. The van der Waals surface area contributed by atoms with Gasteiger partial charge in [-0.25, -0.2) is 8.42 Å². The third-order valence-electron chi connectivity index (χ3n) is 5.98. The van der Waals surface area contributed by atoms with Crippen molar-refractivity contribution in [2.75, 3.05) is 17.9 Å². The monoisotopic (exact) mass is 561 g/mol. The van der Waals surface area contributed by atoms with Gasteiger partial charge in [0.1, 0.15) is 12.6 Å². The van der Waals surface area contributed by atoms with Crippen LogP contribution in [0.15, 0.2) is 71.6 Å². The number of hydrogen-bond acceptors (Lipinski definition) is 4. The Hall–Kier alpha value is -3.07. The summed E-state index contributed by atoms with van der Waals surface area (Å²) in [6, 6.07) is 17.3. The minimum absolute atomic E-state index is 0.0486. The molecule has 0 radical (unpaired) electrons. The Labute approximate surface area is 228 Å². The summed E-state index contributed by atoms with van der Waals surface area (Å²) in [6.07, 6.45) is 0. The quantitative estimate of drug-likeness (QED) is 0.399. The van der Waals surface area contributed by atoms with Crippen LogP contribution in [0.5, 0.6) is 0 Å². The van der Waals surface area contributed by atoms with E-state index in [4.69, 9.17) is 23.2 Å². The Morgan fingerprint density at radius 2 is 1.51 bits per heavy atom. The van der Waals surface area contributed by atoms with Crippen LogP contribution < -0.4 is 9.62 Å². The summed E-state index contributed by atoms with van der Waals surface area (Å²) in [7, 11) is -2.66. The number of sulfonamides is 1. The number of likely N-dealkylation sites (N-methyl/N-ethyl adjacent to an activating group) is 1. The van der Waals surface area contributed by atoms with Crippen molar-refractivity contribution in [1.29, 1.82) is 0 Å². The number of halogens is 2. The standard InChI is InChI=1S/C27H29Cl2N3O4S/c1-18-11-13-22(14-12-18)37(35,36)32(21-8-5-7-19(2)15-21)17-26(33)31(20(3)27(34)30-4)16-23-24(28)9-6-10-25(23)29/h5-15,20H,16-17H2,1-4H3,(H,30,34). The van der Waals surface area contributed by atoms with Crippen molar-refractivity contribution >= 4 is 50.7 Å². The lowest BCUT2D eigenvalue weighted by atomic mass is 10.1. The van der Waals surface area contributed by atoms with E-state index in [0.717, 1.165) is 15.4 Å². The summed E-state index contributed by atoms with van der Waals surface area (Å²) < 4.78 is 28.6. The van der Waals surface area contributed by atoms with Crippen LogP contribution in [0.3, 0.4) is 0 Å². The van der Waals surface area contributed by atoms with Gasteiger partial charge in [0.05, 0.1) is 10.6 Å². The number of anilines is 1.